The highest BCUT2D eigenvalue weighted by molar-refractivity contribution is 7.13. The number of nitrogens with zero attached hydrogens (tertiary/aromatic N) is 2. The number of piperazine rings is 1. The van der Waals surface area contributed by atoms with Crippen molar-refractivity contribution in [1.82, 2.24) is 10.3 Å². The molecule has 5 heteroatoms. The molecule has 0 aromatic carbocycles. The summed E-state index contributed by atoms with van der Waals surface area (Å²) in [5, 5.41) is 6.61. The van der Waals surface area contributed by atoms with Crippen LogP contribution in [0.2, 0.25) is 0 Å². The molecule has 0 unspecified atom stereocenters. The maximum absolute atomic E-state index is 4.45. The number of aromatic nitrogens is 1. The summed E-state index contributed by atoms with van der Waals surface area (Å²) < 4.78 is 0. The number of rotatable bonds is 1. The van der Waals surface area contributed by atoms with Crippen LogP contribution in [0.1, 0.15) is 5.69 Å². The lowest BCUT2D eigenvalue weighted by atomic mass is 10.4. The monoisotopic (exact) mass is 219 g/mol. The van der Waals surface area contributed by atoms with Crippen LogP contribution < -0.4 is 10.2 Å². The van der Waals surface area contributed by atoms with Crippen LogP contribution in [0.3, 0.4) is 0 Å². The van der Waals surface area contributed by atoms with E-state index in [2.05, 4.69) is 20.6 Å². The fourth-order valence-electron chi connectivity index (χ4n) is 1.34. The van der Waals surface area contributed by atoms with Gasteiger partial charge in [0.05, 0.1) is 5.69 Å². The molecule has 0 atom stereocenters. The number of hydrogen-bond acceptors (Lipinski definition) is 4. The molecule has 0 radical (unpaired) electrons. The summed E-state index contributed by atoms with van der Waals surface area (Å²) in [6.45, 7) is 6.39. The minimum absolute atomic E-state index is 0. The molecule has 1 fully saturated rings. The summed E-state index contributed by atoms with van der Waals surface area (Å²) in [5.74, 6) is 0. The maximum Gasteiger partial charge on any atom is 0.185 e. The molecular weight excluding hydrogens is 206 g/mol. The number of nitrogens with one attached hydrogen (secondary N) is 1. The van der Waals surface area contributed by atoms with Crippen LogP contribution in [0.15, 0.2) is 5.38 Å². The van der Waals surface area contributed by atoms with Crippen molar-refractivity contribution in [3.05, 3.63) is 11.1 Å². The molecule has 0 bridgehead atoms. The minimum atomic E-state index is 0. The molecule has 1 aromatic rings. The third-order valence-corrected chi connectivity index (χ3v) is 3.01. The predicted octanol–water partition coefficient (Wildman–Crippen LogP) is 1.28. The van der Waals surface area contributed by atoms with E-state index in [9.17, 15) is 0 Å². The Morgan fingerprint density at radius 1 is 1.46 bits per heavy atom. The van der Waals surface area contributed by atoms with Gasteiger partial charge in [-0.1, -0.05) is 0 Å². The van der Waals surface area contributed by atoms with E-state index in [4.69, 9.17) is 0 Å². The van der Waals surface area contributed by atoms with Crippen molar-refractivity contribution in [2.24, 2.45) is 0 Å². The fraction of sp³-hybridized carbons (Fsp3) is 0.625. The van der Waals surface area contributed by atoms with E-state index >= 15 is 0 Å². The number of hydrogen-bond donors (Lipinski definition) is 1. The molecule has 1 aliphatic rings. The van der Waals surface area contributed by atoms with Crippen LogP contribution in [0.4, 0.5) is 5.13 Å². The zero-order valence-electron chi connectivity index (χ0n) is 7.62. The zero-order valence-corrected chi connectivity index (χ0v) is 9.25. The second-order valence-electron chi connectivity index (χ2n) is 3.01. The van der Waals surface area contributed by atoms with Crippen molar-refractivity contribution in [2.75, 3.05) is 31.1 Å². The summed E-state index contributed by atoms with van der Waals surface area (Å²) in [6, 6.07) is 0. The smallest absolute Gasteiger partial charge is 0.185 e. The van der Waals surface area contributed by atoms with Crippen LogP contribution in [0.5, 0.6) is 0 Å². The summed E-state index contributed by atoms with van der Waals surface area (Å²) in [5.41, 5.74) is 1.13. The van der Waals surface area contributed by atoms with Crippen LogP contribution in [0.25, 0.3) is 0 Å². The molecule has 13 heavy (non-hydrogen) atoms. The minimum Gasteiger partial charge on any atom is -0.346 e. The van der Waals surface area contributed by atoms with Gasteiger partial charge in [0, 0.05) is 31.6 Å². The Morgan fingerprint density at radius 2 is 2.15 bits per heavy atom. The van der Waals surface area contributed by atoms with Gasteiger partial charge in [0.15, 0.2) is 5.13 Å². The van der Waals surface area contributed by atoms with E-state index < -0.39 is 0 Å². The second kappa shape index (κ2) is 4.79. The SMILES string of the molecule is Cc1csc(N2CCNCC2)n1.Cl. The Kier molecular flexibility index (Phi) is 3.96. The van der Waals surface area contributed by atoms with Crippen molar-refractivity contribution in [2.45, 2.75) is 6.92 Å². The molecule has 2 rings (SSSR count). The van der Waals surface area contributed by atoms with E-state index in [1.165, 1.54) is 5.13 Å². The van der Waals surface area contributed by atoms with Gasteiger partial charge in [0.2, 0.25) is 0 Å². The number of aryl methyl sites for hydroxylation is 1. The lowest BCUT2D eigenvalue weighted by Crippen LogP contribution is -2.43. The number of halogens is 1. The average molecular weight is 220 g/mol. The summed E-state index contributed by atoms with van der Waals surface area (Å²) in [7, 11) is 0. The van der Waals surface area contributed by atoms with Crippen LogP contribution in [-0.2, 0) is 0 Å². The first-order valence-corrected chi connectivity index (χ1v) is 5.12. The molecule has 1 N–H and O–H groups in total. The Hall–Kier alpha value is -0.320. The third-order valence-electron chi connectivity index (χ3n) is 1.99. The van der Waals surface area contributed by atoms with Gasteiger partial charge in [-0.25, -0.2) is 4.98 Å². The lowest BCUT2D eigenvalue weighted by Gasteiger charge is -2.26. The first-order valence-electron chi connectivity index (χ1n) is 4.24. The van der Waals surface area contributed by atoms with E-state index in [-0.39, 0.29) is 12.4 Å². The average Bonchev–Trinajstić information content (AvgIpc) is 2.54. The molecule has 1 aromatic heterocycles. The van der Waals surface area contributed by atoms with Gasteiger partial charge < -0.3 is 10.2 Å². The molecule has 3 nitrogen and oxygen atoms in total. The van der Waals surface area contributed by atoms with Crippen molar-refractivity contribution in [3.63, 3.8) is 0 Å². The quantitative estimate of drug-likeness (QED) is 0.772. The normalized spacial score (nSPS) is 16.8. The Bertz CT molecular complexity index is 258. The predicted molar refractivity (Wildman–Crippen MR) is 59.2 cm³/mol. The standard InChI is InChI=1S/C8H13N3S.ClH/c1-7-6-12-8(10-7)11-4-2-9-3-5-11;/h6,9H,2-5H2,1H3;1H. The topological polar surface area (TPSA) is 28.2 Å². The van der Waals surface area contributed by atoms with Crippen molar-refractivity contribution < 1.29 is 0 Å². The van der Waals surface area contributed by atoms with Gasteiger partial charge in [-0.3, -0.25) is 0 Å². The van der Waals surface area contributed by atoms with E-state index in [0.29, 0.717) is 0 Å². The van der Waals surface area contributed by atoms with Crippen molar-refractivity contribution >= 4 is 28.9 Å². The molecule has 0 amide bonds. The van der Waals surface area contributed by atoms with Crippen molar-refractivity contribution in [3.8, 4) is 0 Å². The van der Waals surface area contributed by atoms with Gasteiger partial charge in [-0.15, -0.1) is 23.7 Å². The van der Waals surface area contributed by atoms with Crippen LogP contribution >= 0.6 is 23.7 Å². The number of anilines is 1. The first-order chi connectivity index (χ1) is 5.86. The fourth-order valence-corrected chi connectivity index (χ4v) is 2.20. The van der Waals surface area contributed by atoms with E-state index in [1.54, 1.807) is 11.3 Å². The zero-order chi connectivity index (χ0) is 8.39. The molecule has 1 aliphatic heterocycles. The van der Waals surface area contributed by atoms with Crippen LogP contribution in [0, 0.1) is 6.92 Å². The Balaban J connectivity index is 0.000000845. The second-order valence-corrected chi connectivity index (χ2v) is 3.85. The van der Waals surface area contributed by atoms with Gasteiger partial charge in [0.25, 0.3) is 0 Å². The van der Waals surface area contributed by atoms with Gasteiger partial charge in [-0.05, 0) is 6.92 Å². The Morgan fingerprint density at radius 3 is 2.69 bits per heavy atom. The lowest BCUT2D eigenvalue weighted by molar-refractivity contribution is 0.588. The van der Waals surface area contributed by atoms with Gasteiger partial charge in [0.1, 0.15) is 0 Å². The highest BCUT2D eigenvalue weighted by Gasteiger charge is 2.12. The molecule has 74 valence electrons. The molecule has 0 saturated carbocycles. The van der Waals surface area contributed by atoms with E-state index in [0.717, 1.165) is 31.9 Å². The van der Waals surface area contributed by atoms with Gasteiger partial charge in [-0.2, -0.15) is 0 Å². The Labute approximate surface area is 88.6 Å². The highest BCUT2D eigenvalue weighted by atomic mass is 35.5. The summed E-state index contributed by atoms with van der Waals surface area (Å²) in [6.07, 6.45) is 0. The summed E-state index contributed by atoms with van der Waals surface area (Å²) in [4.78, 5) is 6.79. The highest BCUT2D eigenvalue weighted by Crippen LogP contribution is 2.19. The maximum atomic E-state index is 4.45. The number of thiazole rings is 1. The molecule has 2 heterocycles. The van der Waals surface area contributed by atoms with Gasteiger partial charge >= 0.3 is 0 Å². The van der Waals surface area contributed by atoms with Crippen LogP contribution in [-0.4, -0.2) is 31.2 Å². The third kappa shape index (κ3) is 2.56. The largest absolute Gasteiger partial charge is 0.346 e. The van der Waals surface area contributed by atoms with E-state index in [1.807, 2.05) is 6.92 Å². The molecule has 0 spiro atoms. The molecular formula is C8H14ClN3S. The summed E-state index contributed by atoms with van der Waals surface area (Å²) >= 11 is 1.74. The molecule has 1 saturated heterocycles. The first kappa shape index (κ1) is 10.8. The van der Waals surface area contributed by atoms with Crippen molar-refractivity contribution in [1.29, 1.82) is 0 Å². The molecule has 0 aliphatic carbocycles.